The molecular formula is C18H26N4O2S. The van der Waals surface area contributed by atoms with Crippen LogP contribution in [0.25, 0.3) is 0 Å². The molecule has 1 aromatic carbocycles. The molecule has 2 aromatic rings. The molecule has 0 saturated carbocycles. The van der Waals surface area contributed by atoms with E-state index in [0.717, 1.165) is 30.9 Å². The summed E-state index contributed by atoms with van der Waals surface area (Å²) in [4.78, 5) is 7.11. The summed E-state index contributed by atoms with van der Waals surface area (Å²) in [6.07, 6.45) is 2.63. The minimum absolute atomic E-state index is 0.351. The highest BCUT2D eigenvalue weighted by atomic mass is 32.2. The zero-order valence-electron chi connectivity index (χ0n) is 15.1. The molecule has 0 unspecified atom stereocenters. The van der Waals surface area contributed by atoms with E-state index in [4.69, 9.17) is 0 Å². The van der Waals surface area contributed by atoms with Gasteiger partial charge >= 0.3 is 0 Å². The summed E-state index contributed by atoms with van der Waals surface area (Å²) in [5.41, 5.74) is 1.97. The number of nitrogens with zero attached hydrogens (tertiary/aromatic N) is 4. The molecule has 0 fully saturated rings. The molecule has 1 aromatic heterocycles. The van der Waals surface area contributed by atoms with Crippen molar-refractivity contribution in [2.24, 2.45) is 0 Å². The predicted molar refractivity (Wildman–Crippen MR) is 97.5 cm³/mol. The standard InChI is InChI=1S/C18H26N4O2S/c1-15(2)20(3)12-17-18-13-22(11-7-10-21(18)14-19-17)25(23,24)16-8-5-4-6-9-16/h4-6,8-9,14-15H,7,10-13H2,1-3H3. The first-order chi connectivity index (χ1) is 11.9. The van der Waals surface area contributed by atoms with Gasteiger partial charge in [0.15, 0.2) is 0 Å². The van der Waals surface area contributed by atoms with E-state index < -0.39 is 10.0 Å². The predicted octanol–water partition coefficient (Wildman–Crippen LogP) is 2.32. The fourth-order valence-corrected chi connectivity index (χ4v) is 4.45. The van der Waals surface area contributed by atoms with Gasteiger partial charge in [0, 0.05) is 25.7 Å². The first kappa shape index (κ1) is 18.1. The fraction of sp³-hybridized carbons (Fsp3) is 0.500. The summed E-state index contributed by atoms with van der Waals surface area (Å²) in [5, 5.41) is 0. The summed E-state index contributed by atoms with van der Waals surface area (Å²) in [6.45, 7) is 6.70. The van der Waals surface area contributed by atoms with E-state index in [1.54, 1.807) is 28.6 Å². The molecule has 0 atom stereocenters. The molecule has 3 rings (SSSR count). The second-order valence-electron chi connectivity index (χ2n) is 6.85. The third-order valence-electron chi connectivity index (χ3n) is 4.83. The van der Waals surface area contributed by atoms with E-state index in [-0.39, 0.29) is 0 Å². The first-order valence-electron chi connectivity index (χ1n) is 8.68. The van der Waals surface area contributed by atoms with Crippen molar-refractivity contribution in [2.75, 3.05) is 13.6 Å². The quantitative estimate of drug-likeness (QED) is 0.819. The molecular weight excluding hydrogens is 336 g/mol. The smallest absolute Gasteiger partial charge is 0.243 e. The lowest BCUT2D eigenvalue weighted by Gasteiger charge is -2.23. The van der Waals surface area contributed by atoms with Gasteiger partial charge in [0.1, 0.15) is 0 Å². The minimum Gasteiger partial charge on any atom is -0.333 e. The maximum atomic E-state index is 13.0. The molecule has 136 valence electrons. The Balaban J connectivity index is 1.89. The topological polar surface area (TPSA) is 58.4 Å². The van der Waals surface area contributed by atoms with Crippen molar-refractivity contribution in [1.82, 2.24) is 18.8 Å². The van der Waals surface area contributed by atoms with Crippen LogP contribution in [0.15, 0.2) is 41.6 Å². The van der Waals surface area contributed by atoms with E-state index in [1.165, 1.54) is 0 Å². The minimum atomic E-state index is -3.49. The fourth-order valence-electron chi connectivity index (χ4n) is 2.99. The molecule has 6 nitrogen and oxygen atoms in total. The highest BCUT2D eigenvalue weighted by Gasteiger charge is 2.28. The molecule has 0 bridgehead atoms. The zero-order chi connectivity index (χ0) is 18.0. The van der Waals surface area contributed by atoms with Gasteiger partial charge in [-0.05, 0) is 39.4 Å². The number of rotatable bonds is 5. The molecule has 0 radical (unpaired) electrons. The van der Waals surface area contributed by atoms with Crippen LogP contribution in [0, 0.1) is 0 Å². The van der Waals surface area contributed by atoms with E-state index in [1.807, 2.05) is 12.4 Å². The van der Waals surface area contributed by atoms with Gasteiger partial charge in [0.25, 0.3) is 0 Å². The van der Waals surface area contributed by atoms with E-state index in [9.17, 15) is 8.42 Å². The molecule has 2 heterocycles. The van der Waals surface area contributed by atoms with Crippen molar-refractivity contribution in [3.8, 4) is 0 Å². The molecule has 0 aliphatic carbocycles. The first-order valence-corrected chi connectivity index (χ1v) is 10.1. The van der Waals surface area contributed by atoms with Crippen molar-refractivity contribution >= 4 is 10.0 Å². The SMILES string of the molecule is CC(C)N(C)Cc1ncn2c1CN(S(=O)(=O)c1ccccc1)CCC2. The maximum Gasteiger partial charge on any atom is 0.243 e. The molecule has 1 aliphatic rings. The molecule has 25 heavy (non-hydrogen) atoms. The van der Waals surface area contributed by atoms with Crippen LogP contribution in [0.4, 0.5) is 0 Å². The van der Waals surface area contributed by atoms with E-state index in [0.29, 0.717) is 24.0 Å². The van der Waals surface area contributed by atoms with Crippen molar-refractivity contribution in [3.63, 3.8) is 0 Å². The Morgan fingerprint density at radius 1 is 1.20 bits per heavy atom. The third kappa shape index (κ3) is 3.78. The lowest BCUT2D eigenvalue weighted by atomic mass is 10.2. The van der Waals surface area contributed by atoms with Crippen molar-refractivity contribution in [1.29, 1.82) is 0 Å². The highest BCUT2D eigenvalue weighted by Crippen LogP contribution is 2.23. The lowest BCUT2D eigenvalue weighted by molar-refractivity contribution is 0.261. The second-order valence-corrected chi connectivity index (χ2v) is 8.78. The zero-order valence-corrected chi connectivity index (χ0v) is 15.9. The Morgan fingerprint density at radius 3 is 2.60 bits per heavy atom. The molecule has 0 saturated heterocycles. The normalized spacial score (nSPS) is 16.2. The summed E-state index contributed by atoms with van der Waals surface area (Å²) in [5.74, 6) is 0. The van der Waals surface area contributed by atoms with Crippen molar-refractivity contribution in [3.05, 3.63) is 48.0 Å². The van der Waals surface area contributed by atoms with Crippen LogP contribution in [0.5, 0.6) is 0 Å². The largest absolute Gasteiger partial charge is 0.333 e. The number of fused-ring (bicyclic) bond motifs is 1. The highest BCUT2D eigenvalue weighted by molar-refractivity contribution is 7.89. The van der Waals surface area contributed by atoms with E-state index in [2.05, 4.69) is 35.3 Å². The van der Waals surface area contributed by atoms with Gasteiger partial charge in [0.2, 0.25) is 10.0 Å². The van der Waals surface area contributed by atoms with Gasteiger partial charge in [-0.1, -0.05) is 18.2 Å². The monoisotopic (exact) mass is 362 g/mol. The summed E-state index contributed by atoms with van der Waals surface area (Å²) in [7, 11) is -1.43. The number of imidazole rings is 1. The third-order valence-corrected chi connectivity index (χ3v) is 6.69. The second kappa shape index (κ2) is 7.27. The Bertz CT molecular complexity index is 815. The number of sulfonamides is 1. The van der Waals surface area contributed by atoms with Gasteiger partial charge < -0.3 is 4.57 Å². The van der Waals surface area contributed by atoms with Gasteiger partial charge in [-0.15, -0.1) is 0 Å². The van der Waals surface area contributed by atoms with Gasteiger partial charge in [-0.3, -0.25) is 4.90 Å². The average Bonchev–Trinajstić information content (AvgIpc) is 2.83. The number of aryl methyl sites for hydroxylation is 1. The van der Waals surface area contributed by atoms with Gasteiger partial charge in [0.05, 0.1) is 29.2 Å². The Morgan fingerprint density at radius 2 is 1.92 bits per heavy atom. The van der Waals surface area contributed by atoms with Crippen LogP contribution in [0.1, 0.15) is 31.7 Å². The maximum absolute atomic E-state index is 13.0. The summed E-state index contributed by atoms with van der Waals surface area (Å²) >= 11 is 0. The molecule has 0 spiro atoms. The number of benzene rings is 1. The molecule has 7 heteroatoms. The van der Waals surface area contributed by atoms with Crippen LogP contribution in [0.2, 0.25) is 0 Å². The Kier molecular flexibility index (Phi) is 5.27. The van der Waals surface area contributed by atoms with Crippen LogP contribution in [-0.2, 0) is 29.7 Å². The Labute approximate surface area is 150 Å². The summed E-state index contributed by atoms with van der Waals surface area (Å²) < 4.78 is 29.7. The average molecular weight is 362 g/mol. The Hall–Kier alpha value is -1.70. The van der Waals surface area contributed by atoms with Crippen LogP contribution in [0.3, 0.4) is 0 Å². The summed E-state index contributed by atoms with van der Waals surface area (Å²) in [6, 6.07) is 9.08. The molecule has 1 aliphatic heterocycles. The number of hydrogen-bond donors (Lipinski definition) is 0. The number of hydrogen-bond acceptors (Lipinski definition) is 4. The van der Waals surface area contributed by atoms with Crippen LogP contribution in [-0.4, -0.2) is 46.8 Å². The molecule has 0 N–H and O–H groups in total. The van der Waals surface area contributed by atoms with Crippen LogP contribution >= 0.6 is 0 Å². The van der Waals surface area contributed by atoms with Crippen molar-refractivity contribution in [2.45, 2.75) is 50.8 Å². The van der Waals surface area contributed by atoms with Crippen molar-refractivity contribution < 1.29 is 8.42 Å². The van der Waals surface area contributed by atoms with Gasteiger partial charge in [-0.2, -0.15) is 4.31 Å². The van der Waals surface area contributed by atoms with Gasteiger partial charge in [-0.25, -0.2) is 13.4 Å². The number of aromatic nitrogens is 2. The molecule has 0 amide bonds. The lowest BCUT2D eigenvalue weighted by Crippen LogP contribution is -2.32. The van der Waals surface area contributed by atoms with Crippen LogP contribution < -0.4 is 0 Å². The van der Waals surface area contributed by atoms with E-state index >= 15 is 0 Å².